The number of benzene rings is 1. The lowest BCUT2D eigenvalue weighted by atomic mass is 10.0. The SMILES string of the molecule is COc1ccccc1CNC(=O)N[C@@H](CC(C)C)C(=O)NO. The van der Waals surface area contributed by atoms with E-state index in [1.807, 2.05) is 32.0 Å². The number of rotatable bonds is 7. The van der Waals surface area contributed by atoms with Gasteiger partial charge in [-0.05, 0) is 18.4 Å². The first-order valence-corrected chi connectivity index (χ1v) is 7.08. The molecule has 0 aliphatic heterocycles. The first kappa shape index (κ1) is 17.8. The molecule has 0 fully saturated rings. The van der Waals surface area contributed by atoms with Crippen molar-refractivity contribution in [3.05, 3.63) is 29.8 Å². The van der Waals surface area contributed by atoms with Crippen molar-refractivity contribution < 1.29 is 19.5 Å². The minimum absolute atomic E-state index is 0.191. The number of hydrogen-bond donors (Lipinski definition) is 4. The van der Waals surface area contributed by atoms with Crippen molar-refractivity contribution >= 4 is 11.9 Å². The number of amides is 3. The molecule has 0 heterocycles. The maximum atomic E-state index is 11.9. The van der Waals surface area contributed by atoms with Gasteiger partial charge in [-0.1, -0.05) is 32.0 Å². The number of hydrogen-bond acceptors (Lipinski definition) is 4. The molecule has 7 nitrogen and oxygen atoms in total. The van der Waals surface area contributed by atoms with Gasteiger partial charge in [0.2, 0.25) is 0 Å². The second-order valence-corrected chi connectivity index (χ2v) is 5.30. The van der Waals surface area contributed by atoms with E-state index in [1.165, 1.54) is 0 Å². The summed E-state index contributed by atoms with van der Waals surface area (Å²) in [4.78, 5) is 23.4. The van der Waals surface area contributed by atoms with Crippen LogP contribution >= 0.6 is 0 Å². The first-order valence-electron chi connectivity index (χ1n) is 7.08. The van der Waals surface area contributed by atoms with E-state index in [2.05, 4.69) is 10.6 Å². The normalized spacial score (nSPS) is 11.7. The Balaban J connectivity index is 2.58. The summed E-state index contributed by atoms with van der Waals surface area (Å²) >= 11 is 0. The van der Waals surface area contributed by atoms with Crippen LogP contribution in [0.3, 0.4) is 0 Å². The van der Waals surface area contributed by atoms with Crippen LogP contribution in [0.4, 0.5) is 4.79 Å². The third-order valence-electron chi connectivity index (χ3n) is 3.07. The zero-order valence-corrected chi connectivity index (χ0v) is 13.1. The van der Waals surface area contributed by atoms with Gasteiger partial charge in [0.15, 0.2) is 0 Å². The molecular formula is C15H23N3O4. The highest BCUT2D eigenvalue weighted by molar-refractivity contribution is 5.86. The van der Waals surface area contributed by atoms with Crippen LogP contribution in [0.2, 0.25) is 0 Å². The minimum Gasteiger partial charge on any atom is -0.496 e. The lowest BCUT2D eigenvalue weighted by Gasteiger charge is -2.19. The zero-order chi connectivity index (χ0) is 16.5. The van der Waals surface area contributed by atoms with Gasteiger partial charge >= 0.3 is 6.03 Å². The van der Waals surface area contributed by atoms with E-state index < -0.39 is 18.0 Å². The Morgan fingerprint density at radius 1 is 1.27 bits per heavy atom. The summed E-state index contributed by atoms with van der Waals surface area (Å²) in [5.41, 5.74) is 2.39. The van der Waals surface area contributed by atoms with Crippen molar-refractivity contribution in [2.75, 3.05) is 7.11 Å². The number of para-hydroxylation sites is 1. The molecule has 0 saturated carbocycles. The molecule has 22 heavy (non-hydrogen) atoms. The molecule has 4 N–H and O–H groups in total. The van der Waals surface area contributed by atoms with Crippen molar-refractivity contribution in [2.24, 2.45) is 5.92 Å². The molecule has 0 radical (unpaired) electrons. The highest BCUT2D eigenvalue weighted by Crippen LogP contribution is 2.16. The molecule has 0 saturated heterocycles. The summed E-state index contributed by atoms with van der Waals surface area (Å²) in [6.45, 7) is 4.11. The highest BCUT2D eigenvalue weighted by atomic mass is 16.5. The van der Waals surface area contributed by atoms with Crippen LogP contribution in [0, 0.1) is 5.92 Å². The van der Waals surface area contributed by atoms with E-state index in [1.54, 1.807) is 18.7 Å². The van der Waals surface area contributed by atoms with Crippen LogP contribution in [0.15, 0.2) is 24.3 Å². The number of urea groups is 1. The summed E-state index contributed by atoms with van der Waals surface area (Å²) in [6.07, 6.45) is 0.425. The Labute approximate surface area is 130 Å². The quantitative estimate of drug-likeness (QED) is 0.452. The highest BCUT2D eigenvalue weighted by Gasteiger charge is 2.21. The van der Waals surface area contributed by atoms with Gasteiger partial charge < -0.3 is 15.4 Å². The number of ether oxygens (including phenoxy) is 1. The average Bonchev–Trinajstić information content (AvgIpc) is 2.51. The summed E-state index contributed by atoms with van der Waals surface area (Å²) in [6, 6.07) is 6.05. The van der Waals surface area contributed by atoms with Crippen molar-refractivity contribution in [3.8, 4) is 5.75 Å². The van der Waals surface area contributed by atoms with Crippen LogP contribution in [-0.4, -0.2) is 30.3 Å². The second-order valence-electron chi connectivity index (χ2n) is 5.30. The summed E-state index contributed by atoms with van der Waals surface area (Å²) in [5, 5.41) is 13.9. The second kappa shape index (κ2) is 8.89. The molecule has 1 aromatic carbocycles. The molecule has 0 aliphatic carbocycles. The fourth-order valence-corrected chi connectivity index (χ4v) is 2.01. The van der Waals surface area contributed by atoms with Crippen LogP contribution in [0.5, 0.6) is 5.75 Å². The Morgan fingerprint density at radius 2 is 1.95 bits per heavy atom. The fourth-order valence-electron chi connectivity index (χ4n) is 2.01. The molecule has 1 atom stereocenters. The van der Waals surface area contributed by atoms with Gasteiger partial charge in [0.25, 0.3) is 5.91 Å². The molecule has 122 valence electrons. The molecule has 0 bridgehead atoms. The van der Waals surface area contributed by atoms with Crippen molar-refractivity contribution in [2.45, 2.75) is 32.9 Å². The van der Waals surface area contributed by atoms with E-state index in [4.69, 9.17) is 9.94 Å². The summed E-state index contributed by atoms with van der Waals surface area (Å²) in [7, 11) is 1.56. The fraction of sp³-hybridized carbons (Fsp3) is 0.467. The third kappa shape index (κ3) is 5.61. The molecule has 1 rings (SSSR count). The largest absolute Gasteiger partial charge is 0.496 e. The zero-order valence-electron chi connectivity index (χ0n) is 13.1. The lowest BCUT2D eigenvalue weighted by Crippen LogP contribution is -2.49. The third-order valence-corrected chi connectivity index (χ3v) is 3.07. The average molecular weight is 309 g/mol. The monoisotopic (exact) mass is 309 g/mol. The van der Waals surface area contributed by atoms with E-state index >= 15 is 0 Å². The van der Waals surface area contributed by atoms with Crippen LogP contribution in [0.1, 0.15) is 25.8 Å². The number of methoxy groups -OCH3 is 1. The number of nitrogens with one attached hydrogen (secondary N) is 3. The van der Waals surface area contributed by atoms with Crippen molar-refractivity contribution in [1.82, 2.24) is 16.1 Å². The summed E-state index contributed by atoms with van der Waals surface area (Å²) in [5.74, 6) is 0.229. The maximum absolute atomic E-state index is 11.9. The topological polar surface area (TPSA) is 99.7 Å². The molecule has 0 aliphatic rings. The Kier molecular flexibility index (Phi) is 7.18. The summed E-state index contributed by atoms with van der Waals surface area (Å²) < 4.78 is 5.20. The van der Waals surface area contributed by atoms with Gasteiger partial charge in [-0.3, -0.25) is 10.0 Å². The smallest absolute Gasteiger partial charge is 0.315 e. The molecule has 3 amide bonds. The maximum Gasteiger partial charge on any atom is 0.315 e. The van der Waals surface area contributed by atoms with E-state index in [9.17, 15) is 9.59 Å². The molecular weight excluding hydrogens is 286 g/mol. The number of carbonyl (C=O) groups is 2. The molecule has 7 heteroatoms. The van der Waals surface area contributed by atoms with Gasteiger partial charge in [-0.15, -0.1) is 0 Å². The van der Waals surface area contributed by atoms with Crippen molar-refractivity contribution in [1.29, 1.82) is 0 Å². The molecule has 0 unspecified atom stereocenters. The minimum atomic E-state index is -0.789. The van der Waals surface area contributed by atoms with Crippen molar-refractivity contribution in [3.63, 3.8) is 0 Å². The van der Waals surface area contributed by atoms with E-state index in [0.717, 1.165) is 5.56 Å². The van der Waals surface area contributed by atoms with Gasteiger partial charge in [-0.2, -0.15) is 0 Å². The Morgan fingerprint density at radius 3 is 2.55 bits per heavy atom. The lowest BCUT2D eigenvalue weighted by molar-refractivity contribution is -0.131. The van der Waals surface area contributed by atoms with Crippen LogP contribution in [-0.2, 0) is 11.3 Å². The Hall–Kier alpha value is -2.28. The van der Waals surface area contributed by atoms with Gasteiger partial charge in [0.05, 0.1) is 7.11 Å². The van der Waals surface area contributed by atoms with E-state index in [0.29, 0.717) is 12.2 Å². The predicted octanol–water partition coefficient (Wildman–Crippen LogP) is 1.41. The van der Waals surface area contributed by atoms with Crippen LogP contribution in [0.25, 0.3) is 0 Å². The van der Waals surface area contributed by atoms with Gasteiger partial charge in [0, 0.05) is 12.1 Å². The van der Waals surface area contributed by atoms with E-state index in [-0.39, 0.29) is 12.5 Å². The van der Waals surface area contributed by atoms with Gasteiger partial charge in [-0.25, -0.2) is 10.3 Å². The first-order chi connectivity index (χ1) is 10.5. The molecule has 0 spiro atoms. The standard InChI is InChI=1S/C15H23N3O4/c1-10(2)8-12(14(19)18-21)17-15(20)16-9-11-6-4-5-7-13(11)22-3/h4-7,10,12,21H,8-9H2,1-3H3,(H,18,19)(H2,16,17,20)/t12-/m0/s1. The van der Waals surface area contributed by atoms with Gasteiger partial charge in [0.1, 0.15) is 11.8 Å². The number of hydroxylamine groups is 1. The molecule has 0 aromatic heterocycles. The van der Waals surface area contributed by atoms with Crippen LogP contribution < -0.4 is 20.9 Å². The molecule has 1 aromatic rings. The Bertz CT molecular complexity index is 505. The number of carbonyl (C=O) groups excluding carboxylic acids is 2. The predicted molar refractivity (Wildman–Crippen MR) is 81.5 cm³/mol.